The number of hydrogen-bond donors (Lipinski definition) is 0. The largest absolute Gasteiger partial charge is 0.468 e. The molecule has 2 aliphatic carbocycles. The Labute approximate surface area is 449 Å². The fourth-order valence-electron chi connectivity index (χ4n) is 13.8. The van der Waals surface area contributed by atoms with E-state index in [1.807, 2.05) is 0 Å². The van der Waals surface area contributed by atoms with Gasteiger partial charge in [-0.2, -0.15) is 0 Å². The second-order valence-electron chi connectivity index (χ2n) is 24.7. The van der Waals surface area contributed by atoms with Crippen molar-refractivity contribution in [3.8, 4) is 0 Å². The summed E-state index contributed by atoms with van der Waals surface area (Å²) in [6, 6.07) is 0. The predicted molar refractivity (Wildman–Crippen MR) is 309 cm³/mol. The summed E-state index contributed by atoms with van der Waals surface area (Å²) in [7, 11) is 0. The molecule has 0 aromatic rings. The minimum atomic E-state index is 0.0187. The van der Waals surface area contributed by atoms with Crippen molar-refractivity contribution >= 4 is 18.4 Å². The number of unbranched alkanes of at least 4 members (excludes halogenated alkanes) is 20. The molecule has 4 unspecified atom stereocenters. The molecule has 7 heteroatoms. The van der Waals surface area contributed by atoms with Crippen LogP contribution in [0.15, 0.2) is 0 Å². The average molecular weight is 1020 g/mol. The van der Waals surface area contributed by atoms with Crippen LogP contribution in [0.25, 0.3) is 0 Å². The van der Waals surface area contributed by atoms with Gasteiger partial charge in [-0.3, -0.25) is 14.4 Å². The number of hydrogen-bond acceptors (Lipinski definition) is 7. The highest BCUT2D eigenvalue weighted by molar-refractivity contribution is 5.70. The summed E-state index contributed by atoms with van der Waals surface area (Å²) < 4.78 is 17.2. The van der Waals surface area contributed by atoms with Gasteiger partial charge in [-0.05, 0) is 150 Å². The van der Waals surface area contributed by atoms with Crippen molar-refractivity contribution in [3.05, 3.63) is 0 Å². The van der Waals surface area contributed by atoms with E-state index in [1.165, 1.54) is 219 Å². The van der Waals surface area contributed by atoms with Gasteiger partial charge in [0.15, 0.2) is 0 Å². The van der Waals surface area contributed by atoms with Gasteiger partial charge in [-0.15, -0.1) is 0 Å². The van der Waals surface area contributed by atoms with E-state index in [2.05, 4.69) is 67.2 Å². The summed E-state index contributed by atoms with van der Waals surface area (Å²) in [5.41, 5.74) is 0.661. The van der Waals surface area contributed by atoms with Crippen LogP contribution < -0.4 is 0 Å². The first-order chi connectivity index (χ1) is 34.9. The van der Waals surface area contributed by atoms with Crippen LogP contribution in [0.3, 0.4) is 0 Å². The Morgan fingerprint density at radius 1 is 0.458 bits per heavy atom. The molecule has 0 heterocycles. The number of carbonyl (C=O) groups is 3. The summed E-state index contributed by atoms with van der Waals surface area (Å²) >= 11 is 0. The second kappa shape index (κ2) is 44.5. The smallest absolute Gasteiger partial charge is 0.306 e. The molecule has 0 radical (unpaired) electrons. The molecule has 0 amide bonds. The molecule has 7 nitrogen and oxygen atoms in total. The van der Waals surface area contributed by atoms with Crippen LogP contribution in [0, 0.1) is 34.0 Å². The van der Waals surface area contributed by atoms with Crippen molar-refractivity contribution in [3.63, 3.8) is 0 Å². The third-order valence-electron chi connectivity index (χ3n) is 17.4. The van der Waals surface area contributed by atoms with Crippen LogP contribution in [-0.2, 0) is 28.6 Å². The first-order valence-corrected chi connectivity index (χ1v) is 32.0. The average Bonchev–Trinajstić information content (AvgIpc) is 3.35. The van der Waals surface area contributed by atoms with E-state index >= 15 is 0 Å². The number of rotatable bonds is 48. The molecule has 72 heavy (non-hydrogen) atoms. The second-order valence-corrected chi connectivity index (χ2v) is 24.7. The minimum Gasteiger partial charge on any atom is -0.468 e. The molecule has 0 aromatic carbocycles. The highest BCUT2D eigenvalue weighted by Crippen LogP contribution is 2.64. The quantitative estimate of drug-likeness (QED) is 0.0260. The summed E-state index contributed by atoms with van der Waals surface area (Å²) in [5.74, 6) is 1.62. The molecule has 0 saturated heterocycles. The van der Waals surface area contributed by atoms with Gasteiger partial charge in [0.25, 0.3) is 6.47 Å². The zero-order valence-corrected chi connectivity index (χ0v) is 49.9. The number of ether oxygens (including phenoxy) is 3. The zero-order chi connectivity index (χ0) is 53.0. The van der Waals surface area contributed by atoms with Crippen molar-refractivity contribution in [1.82, 2.24) is 4.90 Å². The molecule has 2 rings (SSSR count). The van der Waals surface area contributed by atoms with Crippen molar-refractivity contribution in [2.45, 2.75) is 326 Å². The van der Waals surface area contributed by atoms with Crippen LogP contribution >= 0.6 is 0 Å². The maximum Gasteiger partial charge on any atom is 0.306 e. The van der Waals surface area contributed by atoms with Crippen molar-refractivity contribution < 1.29 is 28.6 Å². The van der Waals surface area contributed by atoms with Gasteiger partial charge in [-0.1, -0.05) is 216 Å². The van der Waals surface area contributed by atoms with Crippen molar-refractivity contribution in [1.29, 1.82) is 0 Å². The Bertz CT molecular complexity index is 1230. The van der Waals surface area contributed by atoms with Gasteiger partial charge < -0.3 is 19.1 Å². The van der Waals surface area contributed by atoms with Gasteiger partial charge in [0.05, 0.1) is 19.8 Å². The van der Waals surface area contributed by atoms with E-state index in [4.69, 9.17) is 14.2 Å². The van der Waals surface area contributed by atoms with E-state index in [9.17, 15) is 14.4 Å². The molecule has 426 valence electrons. The van der Waals surface area contributed by atoms with Gasteiger partial charge >= 0.3 is 11.9 Å². The van der Waals surface area contributed by atoms with Gasteiger partial charge in [0.2, 0.25) is 0 Å². The van der Waals surface area contributed by atoms with Crippen LogP contribution in [0.2, 0.25) is 0 Å². The van der Waals surface area contributed by atoms with Gasteiger partial charge in [0.1, 0.15) is 0 Å². The Morgan fingerprint density at radius 2 is 0.792 bits per heavy atom. The Balaban J connectivity index is 0.00000343. The lowest BCUT2D eigenvalue weighted by Gasteiger charge is -2.58. The standard InChI is InChI=1S/C59H110O6.C6H15N/c1-7-11-15-19-23-27-34-52(35-28-24-20-16-12-8-2)44-55(61)64-42-32-39-58(6)47-54-46-57(5,38-31-41-63-51-60)49-59(48-54,50-58)40-33-43-65-56(62)45-53(36-29-25-21-17-13-9-3)37-30-26-22-18-14-10-4;1-4-7(5-2)6-3/h51-54H,7-50H2,1-6H3;4-6H2,1-3H3. The highest BCUT2D eigenvalue weighted by atomic mass is 16.5. The number of esters is 2. The normalized spacial score (nSPS) is 20.7. The summed E-state index contributed by atoms with van der Waals surface area (Å²) in [4.78, 5) is 40.0. The number of carbonyl (C=O) groups excluding carboxylic acids is 3. The topological polar surface area (TPSA) is 82.1 Å². The van der Waals surface area contributed by atoms with E-state index in [0.717, 1.165) is 51.4 Å². The van der Waals surface area contributed by atoms with Crippen molar-refractivity contribution in [2.24, 2.45) is 34.0 Å². The molecular formula is C65H125NO6. The van der Waals surface area contributed by atoms with Crippen LogP contribution in [0.1, 0.15) is 326 Å². The van der Waals surface area contributed by atoms with E-state index in [1.54, 1.807) is 0 Å². The fraction of sp³-hybridized carbons (Fsp3) is 0.954. The highest BCUT2D eigenvalue weighted by Gasteiger charge is 2.52. The maximum absolute atomic E-state index is 13.4. The SMILES string of the molecule is CCCCCCCCC(CCCCCCCC)CC(=O)OCCCC1(C)CC2CC(C)(CCCOC=O)CC(CCCOC(=O)CC(CCCCCCCC)CCCCCCCC)(C2)C1.CCN(CC)CC. The molecule has 4 atom stereocenters. The lowest BCUT2D eigenvalue weighted by atomic mass is 9.47. The Morgan fingerprint density at radius 3 is 1.12 bits per heavy atom. The predicted octanol–water partition coefficient (Wildman–Crippen LogP) is 19.5. The van der Waals surface area contributed by atoms with Crippen LogP contribution in [0.5, 0.6) is 0 Å². The minimum absolute atomic E-state index is 0.0187. The summed E-state index contributed by atoms with van der Waals surface area (Å²) in [5, 5.41) is 0. The molecule has 0 N–H and O–H groups in total. The van der Waals surface area contributed by atoms with E-state index in [-0.39, 0.29) is 28.2 Å². The molecule has 0 spiro atoms. The molecule has 2 fully saturated rings. The van der Waals surface area contributed by atoms with Crippen molar-refractivity contribution in [2.75, 3.05) is 39.5 Å². The lowest BCUT2D eigenvalue weighted by molar-refractivity contribution is -0.146. The third kappa shape index (κ3) is 34.8. The first kappa shape index (κ1) is 68.4. The fourth-order valence-corrected chi connectivity index (χ4v) is 13.8. The zero-order valence-electron chi connectivity index (χ0n) is 49.9. The molecule has 0 aromatic heterocycles. The summed E-state index contributed by atoms with van der Waals surface area (Å²) in [6.07, 6.45) is 49.2. The van der Waals surface area contributed by atoms with E-state index < -0.39 is 0 Å². The lowest BCUT2D eigenvalue weighted by Crippen LogP contribution is -2.47. The maximum atomic E-state index is 13.4. The van der Waals surface area contributed by atoms with Gasteiger partial charge in [-0.25, -0.2) is 0 Å². The Hall–Kier alpha value is -1.63. The first-order valence-electron chi connectivity index (χ1n) is 32.0. The Kier molecular flexibility index (Phi) is 42.3. The molecule has 2 bridgehead atoms. The molecule has 2 aliphatic rings. The van der Waals surface area contributed by atoms with Crippen LogP contribution in [-0.4, -0.2) is 62.8 Å². The number of nitrogens with zero attached hydrogens (tertiary/aromatic N) is 1. The van der Waals surface area contributed by atoms with E-state index in [0.29, 0.717) is 56.9 Å². The molecule has 2 saturated carbocycles. The summed E-state index contributed by atoms with van der Waals surface area (Å²) in [6.45, 7) is 26.4. The van der Waals surface area contributed by atoms with Crippen LogP contribution in [0.4, 0.5) is 0 Å². The molecule has 0 aliphatic heterocycles. The number of fused-ring (bicyclic) bond motifs is 2. The monoisotopic (exact) mass is 1020 g/mol. The molecular weight excluding hydrogens is 891 g/mol. The third-order valence-corrected chi connectivity index (χ3v) is 17.4. The van der Waals surface area contributed by atoms with Gasteiger partial charge in [0, 0.05) is 12.8 Å².